The maximum absolute atomic E-state index is 13.7. The van der Waals surface area contributed by atoms with Crippen LogP contribution < -0.4 is 31.0 Å². The van der Waals surface area contributed by atoms with Crippen molar-refractivity contribution in [3.8, 4) is 22.9 Å². The predicted octanol–water partition coefficient (Wildman–Crippen LogP) is -1.18. The largest absolute Gasteiger partial charge is 0.493 e. The Morgan fingerprint density at radius 2 is 1.68 bits per heavy atom. The number of nitrogens with one attached hydrogen (secondary N) is 3. The first kappa shape index (κ1) is 45.9. The first-order chi connectivity index (χ1) is 32.7. The average Bonchev–Trinajstić information content (AvgIpc) is 4.03. The van der Waals surface area contributed by atoms with Crippen LogP contribution in [0.1, 0.15) is 52.3 Å². The third-order valence-electron chi connectivity index (χ3n) is 12.2. The van der Waals surface area contributed by atoms with Crippen LogP contribution in [0.15, 0.2) is 53.3 Å². The first-order valence-electron chi connectivity index (χ1n) is 21.5. The number of benzene rings is 2. The Hall–Kier alpha value is -7.28. The Bertz CT molecular complexity index is 2840. The molecule has 9 rings (SSSR count). The van der Waals surface area contributed by atoms with Crippen LogP contribution in [0.2, 0.25) is 0 Å². The number of hydrogen-bond donors (Lipinski definition) is 8. The average molecular weight is 941 g/mol. The summed E-state index contributed by atoms with van der Waals surface area (Å²) in [6.45, 7) is -1.20. The van der Waals surface area contributed by atoms with Crippen LogP contribution in [0.3, 0.4) is 0 Å². The van der Waals surface area contributed by atoms with Crippen LogP contribution in [-0.4, -0.2) is 133 Å². The number of fused-ring (bicyclic) bond motifs is 6. The number of nitrogens with zero attached hydrogens (tertiary/aromatic N) is 3. The van der Waals surface area contributed by atoms with Gasteiger partial charge in [-0.25, -0.2) is 14.6 Å². The number of aliphatic hydroxyl groups is 5. The van der Waals surface area contributed by atoms with Crippen LogP contribution in [0.5, 0.6) is 11.5 Å². The highest BCUT2D eigenvalue weighted by molar-refractivity contribution is 6.13. The van der Waals surface area contributed by atoms with Crippen molar-refractivity contribution < 1.29 is 78.0 Å². The number of hydrogen-bond acceptors (Lipinski definition) is 18. The van der Waals surface area contributed by atoms with Crippen molar-refractivity contribution in [3.63, 3.8) is 0 Å². The normalized spacial score (nSPS) is 22.2. The van der Waals surface area contributed by atoms with E-state index < -0.39 is 84.7 Å². The molecule has 4 aromatic rings. The molecule has 23 heteroatoms. The van der Waals surface area contributed by atoms with Gasteiger partial charge in [-0.15, -0.1) is 0 Å². The van der Waals surface area contributed by atoms with Gasteiger partial charge in [-0.3, -0.25) is 28.9 Å². The molecule has 7 heterocycles. The fourth-order valence-electron chi connectivity index (χ4n) is 8.58. The molecule has 5 aliphatic heterocycles. The minimum Gasteiger partial charge on any atom is -0.493 e. The van der Waals surface area contributed by atoms with Crippen molar-refractivity contribution in [2.75, 3.05) is 31.6 Å². The van der Waals surface area contributed by atoms with E-state index in [0.717, 1.165) is 22.6 Å². The fraction of sp³-hybridized carbons (Fsp3) is 0.378. The Kier molecular flexibility index (Phi) is 12.7. The summed E-state index contributed by atoms with van der Waals surface area (Å²) in [5.74, 6) is -2.56. The number of aromatic nitrogens is 2. The number of alkyl carbamates (subject to hydrolysis) is 1. The summed E-state index contributed by atoms with van der Waals surface area (Å²) >= 11 is 0. The fourth-order valence-corrected chi connectivity index (χ4v) is 8.58. The number of imide groups is 1. The monoisotopic (exact) mass is 940 g/mol. The molecule has 0 bridgehead atoms. The van der Waals surface area contributed by atoms with Gasteiger partial charge < -0.3 is 69.7 Å². The molecule has 356 valence electrons. The van der Waals surface area contributed by atoms with E-state index in [1.807, 2.05) is 6.07 Å². The van der Waals surface area contributed by atoms with Crippen LogP contribution in [0.25, 0.3) is 22.3 Å². The minimum atomic E-state index is -1.79. The van der Waals surface area contributed by atoms with Crippen molar-refractivity contribution in [2.24, 2.45) is 0 Å². The molecule has 1 saturated heterocycles. The number of ether oxygens (including phenoxy) is 5. The van der Waals surface area contributed by atoms with E-state index in [-0.39, 0.29) is 74.8 Å². The summed E-state index contributed by atoms with van der Waals surface area (Å²) in [4.78, 5) is 94.3. The molecule has 2 aromatic heterocycles. The lowest BCUT2D eigenvalue weighted by molar-refractivity contribution is -0.277. The number of pyridine rings is 2. The highest BCUT2D eigenvalue weighted by atomic mass is 16.7. The molecule has 0 radical (unpaired) electrons. The van der Waals surface area contributed by atoms with E-state index in [1.54, 1.807) is 12.1 Å². The summed E-state index contributed by atoms with van der Waals surface area (Å²) in [5, 5.41) is 60.2. The Morgan fingerprint density at radius 3 is 2.46 bits per heavy atom. The molecule has 5 amide bonds. The van der Waals surface area contributed by atoms with Crippen LogP contribution in [-0.2, 0) is 70.9 Å². The van der Waals surface area contributed by atoms with Crippen LogP contribution in [0.4, 0.5) is 10.5 Å². The lowest BCUT2D eigenvalue weighted by Crippen LogP contribution is -2.60. The number of carbonyl (C=O) groups excluding carboxylic acids is 6. The molecular weight excluding hydrogens is 897 g/mol. The molecule has 1 fully saturated rings. The van der Waals surface area contributed by atoms with Gasteiger partial charge in [0.05, 0.1) is 47.9 Å². The second kappa shape index (κ2) is 18.8. The van der Waals surface area contributed by atoms with Gasteiger partial charge >= 0.3 is 12.1 Å². The molecule has 23 nitrogen and oxygen atoms in total. The molecule has 0 saturated carbocycles. The van der Waals surface area contributed by atoms with Crippen molar-refractivity contribution in [1.82, 2.24) is 25.1 Å². The van der Waals surface area contributed by atoms with Crippen LogP contribution >= 0.6 is 0 Å². The molecule has 2 aromatic carbocycles. The standard InChI is InChI=1S/C45H44N6O17/c52-17-32-39(58)40(59)41(60)44(68-32)67-30-2-1-20(11-28(30)48-34(54)5-8-46-33(53)6-9-50-35(55)3-4-36(50)56)18-66-45(63)47-15-24-22-12-21-7-10-64-31(21)14-27(22)49-37-25(24)16-51-29(37)13-23-26(42(51)61)19-65-43(62)38(23)57/h1-4,11-14,32,38-41,44,52,57-60H,5-10,15-19H2,(H,46,53)(H,47,63)(H,48,54)/t32-,38+,39-,40+,41+,44+/m1/s1. The van der Waals surface area contributed by atoms with E-state index in [0.29, 0.717) is 57.8 Å². The van der Waals surface area contributed by atoms with Gasteiger partial charge in [0.2, 0.25) is 18.1 Å². The van der Waals surface area contributed by atoms with Crippen molar-refractivity contribution in [1.29, 1.82) is 0 Å². The zero-order valence-electron chi connectivity index (χ0n) is 35.8. The summed E-state index contributed by atoms with van der Waals surface area (Å²) < 4.78 is 29.2. The third kappa shape index (κ3) is 8.85. The highest BCUT2D eigenvalue weighted by Gasteiger charge is 2.45. The van der Waals surface area contributed by atoms with Gasteiger partial charge in [-0.1, -0.05) is 6.07 Å². The summed E-state index contributed by atoms with van der Waals surface area (Å²) in [7, 11) is 0. The molecule has 0 unspecified atom stereocenters. The number of anilines is 1. The molecule has 68 heavy (non-hydrogen) atoms. The summed E-state index contributed by atoms with van der Waals surface area (Å²) in [5.41, 5.74) is 3.64. The van der Waals surface area contributed by atoms with Gasteiger partial charge in [-0.2, -0.15) is 0 Å². The molecular formula is C45H44N6O17. The van der Waals surface area contributed by atoms with Crippen molar-refractivity contribution in [3.05, 3.63) is 92.3 Å². The number of amides is 5. The topological polar surface area (TPSA) is 324 Å². The van der Waals surface area contributed by atoms with E-state index in [2.05, 4.69) is 16.0 Å². The van der Waals surface area contributed by atoms with Crippen molar-refractivity contribution >= 4 is 52.3 Å². The molecule has 8 N–H and O–H groups in total. The van der Waals surface area contributed by atoms with E-state index in [1.165, 1.54) is 22.8 Å². The third-order valence-corrected chi connectivity index (χ3v) is 12.2. The summed E-state index contributed by atoms with van der Waals surface area (Å²) in [6.07, 6.45) is -8.27. The highest BCUT2D eigenvalue weighted by Crippen LogP contribution is 2.40. The second-order valence-electron chi connectivity index (χ2n) is 16.5. The zero-order chi connectivity index (χ0) is 48.0. The van der Waals surface area contributed by atoms with E-state index in [9.17, 15) is 59.1 Å². The number of esters is 1. The lowest BCUT2D eigenvalue weighted by Gasteiger charge is -2.39. The van der Waals surface area contributed by atoms with E-state index in [4.69, 9.17) is 28.7 Å². The number of carbonyl (C=O) groups is 6. The number of rotatable bonds is 14. The minimum absolute atomic E-state index is 0.0198. The van der Waals surface area contributed by atoms with Gasteiger partial charge in [-0.05, 0) is 41.0 Å². The molecule has 0 spiro atoms. The van der Waals surface area contributed by atoms with Gasteiger partial charge in [0.25, 0.3) is 17.4 Å². The maximum Gasteiger partial charge on any atom is 0.407 e. The Morgan fingerprint density at radius 1 is 0.882 bits per heavy atom. The smallest absolute Gasteiger partial charge is 0.407 e. The van der Waals surface area contributed by atoms with Gasteiger partial charge in [0.1, 0.15) is 49.1 Å². The SMILES string of the molecule is O=C(CCN1C(=O)C=CC1=O)NCCC(=O)Nc1cc(COC(=O)NCc2c3c(nc4cc5c(cc24)CCO5)-c2cc4c(c(=O)n2C3)COC(=O)[C@H]4O)ccc1O[C@H]1O[C@H](CO)[C@@H](O)[C@H](O)[C@@H]1O. The second-order valence-corrected chi connectivity index (χ2v) is 16.5. The lowest BCUT2D eigenvalue weighted by atomic mass is 9.97. The molecule has 5 aliphatic rings. The zero-order valence-corrected chi connectivity index (χ0v) is 35.8. The molecule has 0 aliphatic carbocycles. The number of cyclic esters (lactones) is 1. The molecule has 6 atom stereocenters. The Balaban J connectivity index is 0.902. The quantitative estimate of drug-likeness (QED) is 0.0480. The summed E-state index contributed by atoms with van der Waals surface area (Å²) in [6, 6.07) is 9.50. The maximum atomic E-state index is 13.7. The van der Waals surface area contributed by atoms with Gasteiger partial charge in [0, 0.05) is 73.6 Å². The predicted molar refractivity (Wildman–Crippen MR) is 229 cm³/mol. The van der Waals surface area contributed by atoms with E-state index >= 15 is 0 Å². The van der Waals surface area contributed by atoms with Gasteiger partial charge in [0.15, 0.2) is 6.10 Å². The Labute approximate surface area is 383 Å². The first-order valence-corrected chi connectivity index (χ1v) is 21.5. The van der Waals surface area contributed by atoms with Crippen LogP contribution in [0, 0.1) is 0 Å². The number of aliphatic hydroxyl groups excluding tert-OH is 5. The van der Waals surface area contributed by atoms with Crippen molar-refractivity contribution in [2.45, 2.75) is 82.4 Å².